The van der Waals surface area contributed by atoms with E-state index >= 15 is 0 Å². The van der Waals surface area contributed by atoms with Gasteiger partial charge in [0.05, 0.1) is 0 Å². The molecule has 50 valence electrons. The maximum Gasteiger partial charge on any atom is 0.0350 e. The topological polar surface area (TPSA) is 51.7 Å². The second-order valence-corrected chi connectivity index (χ2v) is 2.06. The smallest absolute Gasteiger partial charge is 0.0350 e. The van der Waals surface area contributed by atoms with E-state index in [1.54, 1.807) is 0 Å². The van der Waals surface area contributed by atoms with Crippen molar-refractivity contribution in [3.8, 4) is 0 Å². The Bertz CT molecular complexity index is 152. The lowest BCUT2D eigenvalue weighted by Crippen LogP contribution is -1.63. The summed E-state index contributed by atoms with van der Waals surface area (Å²) < 4.78 is 8.45. The van der Waals surface area contributed by atoms with Crippen LogP contribution in [0.2, 0.25) is 0 Å². The van der Waals surface area contributed by atoms with Gasteiger partial charge >= 0.3 is 0 Å². The molecule has 0 fully saturated rings. The maximum atomic E-state index is 8.45. The molecule has 0 spiro atoms. The van der Waals surface area contributed by atoms with Crippen LogP contribution in [0, 0.1) is 0 Å². The van der Waals surface area contributed by atoms with E-state index in [2.05, 4.69) is 0 Å². The normalized spacial score (nSPS) is 8.11. The third-order valence-corrected chi connectivity index (χ3v) is 1.33. The highest BCUT2D eigenvalue weighted by molar-refractivity contribution is 7.93. The van der Waals surface area contributed by atoms with Crippen molar-refractivity contribution in [3.63, 3.8) is 0 Å². The fraction of sp³-hybridized carbons (Fsp3) is 0. The number of hydrogen-bond acceptors (Lipinski definition) is 2. The molecule has 9 heavy (non-hydrogen) atoms. The standard InChI is InChI=1S/C6H6OS.H2O/c7-8-6-4-2-1-3-5-6;/h1-5,7H;1H2. The molecule has 2 nitrogen and oxygen atoms in total. The lowest BCUT2D eigenvalue weighted by atomic mass is 10.4. The van der Waals surface area contributed by atoms with Crippen LogP contribution in [0.5, 0.6) is 0 Å². The number of hydrogen-bond donors (Lipinski definition) is 1. The molecule has 0 amide bonds. The van der Waals surface area contributed by atoms with Gasteiger partial charge in [-0.1, -0.05) is 18.2 Å². The lowest BCUT2D eigenvalue weighted by molar-refractivity contribution is 0.664. The highest BCUT2D eigenvalue weighted by Gasteiger charge is 1.82. The van der Waals surface area contributed by atoms with Crippen LogP contribution in [-0.4, -0.2) is 10.0 Å². The van der Waals surface area contributed by atoms with Gasteiger partial charge in [0.1, 0.15) is 0 Å². The van der Waals surface area contributed by atoms with Gasteiger partial charge in [-0.3, -0.25) is 0 Å². The number of rotatable bonds is 1. The molecule has 3 N–H and O–H groups in total. The first kappa shape index (κ1) is 8.49. The fourth-order valence-electron chi connectivity index (χ4n) is 0.481. The average Bonchev–Trinajstić information content (AvgIpc) is 1.90. The minimum absolute atomic E-state index is 0. The van der Waals surface area contributed by atoms with Crippen LogP contribution in [0.4, 0.5) is 0 Å². The molecule has 0 unspecified atom stereocenters. The van der Waals surface area contributed by atoms with Gasteiger partial charge in [0, 0.05) is 16.9 Å². The molecule has 0 atom stereocenters. The first-order valence-corrected chi connectivity index (χ1v) is 3.07. The van der Waals surface area contributed by atoms with Crippen molar-refractivity contribution in [1.82, 2.24) is 0 Å². The molecule has 0 aliphatic carbocycles. The van der Waals surface area contributed by atoms with E-state index in [1.807, 2.05) is 30.3 Å². The SMILES string of the molecule is O.OSc1ccccc1. The summed E-state index contributed by atoms with van der Waals surface area (Å²) in [7, 11) is 0. The zero-order chi connectivity index (χ0) is 5.82. The zero-order valence-corrected chi connectivity index (χ0v) is 5.56. The van der Waals surface area contributed by atoms with Crippen molar-refractivity contribution in [1.29, 1.82) is 0 Å². The Balaban J connectivity index is 0.000000640. The van der Waals surface area contributed by atoms with E-state index in [1.165, 1.54) is 0 Å². The summed E-state index contributed by atoms with van der Waals surface area (Å²) in [6.45, 7) is 0. The molecule has 1 aromatic rings. The van der Waals surface area contributed by atoms with Crippen LogP contribution in [0.3, 0.4) is 0 Å². The molecule has 1 rings (SSSR count). The predicted molar refractivity (Wildman–Crippen MR) is 38.5 cm³/mol. The van der Waals surface area contributed by atoms with E-state index in [4.69, 9.17) is 4.55 Å². The first-order chi connectivity index (χ1) is 3.93. The highest BCUT2D eigenvalue weighted by atomic mass is 32.2. The van der Waals surface area contributed by atoms with Gasteiger partial charge < -0.3 is 10.0 Å². The van der Waals surface area contributed by atoms with Crippen LogP contribution in [0.1, 0.15) is 0 Å². The monoisotopic (exact) mass is 144 g/mol. The van der Waals surface area contributed by atoms with Crippen molar-refractivity contribution >= 4 is 12.0 Å². The second kappa shape index (κ2) is 4.38. The second-order valence-electron chi connectivity index (χ2n) is 1.40. The molecule has 0 aliphatic rings. The van der Waals surface area contributed by atoms with Crippen molar-refractivity contribution < 1.29 is 10.0 Å². The summed E-state index contributed by atoms with van der Waals surface area (Å²) in [5.41, 5.74) is 0. The van der Waals surface area contributed by atoms with E-state index in [0.29, 0.717) is 0 Å². The van der Waals surface area contributed by atoms with Crippen LogP contribution >= 0.6 is 12.0 Å². The van der Waals surface area contributed by atoms with Gasteiger partial charge in [0.25, 0.3) is 0 Å². The predicted octanol–water partition coefficient (Wildman–Crippen LogP) is 1.43. The third-order valence-electron chi connectivity index (χ3n) is 0.849. The fourth-order valence-corrected chi connectivity index (χ4v) is 0.760. The van der Waals surface area contributed by atoms with Crippen molar-refractivity contribution in [2.75, 3.05) is 0 Å². The van der Waals surface area contributed by atoms with Crippen molar-refractivity contribution in [3.05, 3.63) is 30.3 Å². The molecule has 0 heterocycles. The summed E-state index contributed by atoms with van der Waals surface area (Å²) in [5.74, 6) is 0. The van der Waals surface area contributed by atoms with Gasteiger partial charge in [0.2, 0.25) is 0 Å². The van der Waals surface area contributed by atoms with Crippen molar-refractivity contribution in [2.45, 2.75) is 4.90 Å². The minimum atomic E-state index is 0. The van der Waals surface area contributed by atoms with E-state index in [0.717, 1.165) is 16.9 Å². The largest absolute Gasteiger partial charge is 0.412 e. The minimum Gasteiger partial charge on any atom is -0.412 e. The summed E-state index contributed by atoms with van der Waals surface area (Å²) >= 11 is 0.769. The zero-order valence-electron chi connectivity index (χ0n) is 4.74. The van der Waals surface area contributed by atoms with Crippen LogP contribution in [0.25, 0.3) is 0 Å². The van der Waals surface area contributed by atoms with Gasteiger partial charge in [-0.15, -0.1) is 0 Å². The Morgan fingerprint density at radius 1 is 1.11 bits per heavy atom. The average molecular weight is 144 g/mol. The summed E-state index contributed by atoms with van der Waals surface area (Å²) in [6.07, 6.45) is 0. The van der Waals surface area contributed by atoms with Crippen LogP contribution < -0.4 is 0 Å². The molecular formula is C6H8O2S. The van der Waals surface area contributed by atoms with E-state index in [9.17, 15) is 0 Å². The Hall–Kier alpha value is -0.510. The Kier molecular flexibility index (Phi) is 4.13. The van der Waals surface area contributed by atoms with Crippen molar-refractivity contribution in [2.24, 2.45) is 0 Å². The molecule has 0 bridgehead atoms. The van der Waals surface area contributed by atoms with Crippen LogP contribution in [0.15, 0.2) is 35.2 Å². The molecule has 3 heteroatoms. The Labute approximate surface area is 58.0 Å². The Morgan fingerprint density at radius 3 is 2.00 bits per heavy atom. The van der Waals surface area contributed by atoms with E-state index < -0.39 is 0 Å². The summed E-state index contributed by atoms with van der Waals surface area (Å²) in [5, 5.41) is 0. The van der Waals surface area contributed by atoms with Gasteiger partial charge in [-0.2, -0.15) is 0 Å². The third kappa shape index (κ3) is 2.51. The van der Waals surface area contributed by atoms with E-state index in [-0.39, 0.29) is 5.48 Å². The lowest BCUT2D eigenvalue weighted by Gasteiger charge is -1.87. The summed E-state index contributed by atoms with van der Waals surface area (Å²) in [6, 6.07) is 9.40. The molecular weight excluding hydrogens is 136 g/mol. The molecule has 0 radical (unpaired) electrons. The van der Waals surface area contributed by atoms with Crippen LogP contribution in [-0.2, 0) is 0 Å². The molecule has 0 saturated carbocycles. The molecule has 0 aromatic heterocycles. The highest BCUT2D eigenvalue weighted by Crippen LogP contribution is 2.10. The molecule has 1 aromatic carbocycles. The number of benzene rings is 1. The quantitative estimate of drug-likeness (QED) is 0.606. The summed E-state index contributed by atoms with van der Waals surface area (Å²) in [4.78, 5) is 0.882. The van der Waals surface area contributed by atoms with Gasteiger partial charge in [0.15, 0.2) is 0 Å². The molecule has 0 aliphatic heterocycles. The van der Waals surface area contributed by atoms with Gasteiger partial charge in [-0.25, -0.2) is 0 Å². The first-order valence-electron chi connectivity index (χ1n) is 2.30. The Morgan fingerprint density at radius 2 is 1.67 bits per heavy atom. The van der Waals surface area contributed by atoms with Gasteiger partial charge in [-0.05, 0) is 12.1 Å². The molecule has 0 saturated heterocycles. The maximum absolute atomic E-state index is 8.45.